The lowest BCUT2D eigenvalue weighted by atomic mass is 9.91. The number of likely N-dealkylation sites (N-methyl/N-ethyl adjacent to an activating group) is 1. The standard InChI is InChI=1S/C47H33N3/c1-49-41-21-10-9-20-40(41)48-46(47(49)36-17-11-16-35(30-36)31-12-3-2-4-13-31)34-22-26-37(27-23-34)50-42-28-24-32-14-5-7-18-38(32)44(42)45-39-19-8-6-15-33(39)25-29-43(45)50/h2-30,47H,1H3. The quantitative estimate of drug-likeness (QED) is 0.188. The normalized spacial score (nSPS) is 14.4. The Hall–Kier alpha value is -6.45. The second kappa shape index (κ2) is 11.3. The van der Waals surface area contributed by atoms with Gasteiger partial charge in [-0.1, -0.05) is 133 Å². The molecule has 0 aliphatic carbocycles. The Balaban J connectivity index is 1.15. The monoisotopic (exact) mass is 639 g/mol. The summed E-state index contributed by atoms with van der Waals surface area (Å²) in [5.41, 5.74) is 11.5. The van der Waals surface area contributed by atoms with E-state index in [2.05, 4.69) is 192 Å². The van der Waals surface area contributed by atoms with Crippen LogP contribution in [0, 0.1) is 0 Å². The molecule has 0 spiro atoms. The van der Waals surface area contributed by atoms with E-state index in [4.69, 9.17) is 4.99 Å². The Morgan fingerprint density at radius 3 is 1.78 bits per heavy atom. The molecule has 0 radical (unpaired) electrons. The third kappa shape index (κ3) is 4.40. The maximum absolute atomic E-state index is 5.36. The van der Waals surface area contributed by atoms with Gasteiger partial charge in [-0.25, -0.2) is 4.99 Å². The average molecular weight is 640 g/mol. The van der Waals surface area contributed by atoms with Gasteiger partial charge in [0.05, 0.1) is 34.2 Å². The first-order valence-corrected chi connectivity index (χ1v) is 17.2. The minimum atomic E-state index is -0.0506. The second-order valence-electron chi connectivity index (χ2n) is 13.2. The van der Waals surface area contributed by atoms with Gasteiger partial charge in [-0.15, -0.1) is 0 Å². The number of benzene rings is 8. The second-order valence-corrected chi connectivity index (χ2v) is 13.2. The number of para-hydroxylation sites is 2. The molecule has 3 heteroatoms. The van der Waals surface area contributed by atoms with Crippen molar-refractivity contribution in [2.24, 2.45) is 4.99 Å². The molecule has 1 unspecified atom stereocenters. The van der Waals surface area contributed by atoms with Crippen molar-refractivity contribution in [1.29, 1.82) is 0 Å². The summed E-state index contributed by atoms with van der Waals surface area (Å²) in [6.07, 6.45) is 0. The Bertz CT molecular complexity index is 2680. The summed E-state index contributed by atoms with van der Waals surface area (Å²) in [4.78, 5) is 7.73. The van der Waals surface area contributed by atoms with Crippen molar-refractivity contribution < 1.29 is 0 Å². The minimum Gasteiger partial charge on any atom is -0.360 e. The molecule has 1 atom stereocenters. The van der Waals surface area contributed by atoms with Crippen LogP contribution in [0.15, 0.2) is 181 Å². The van der Waals surface area contributed by atoms with Gasteiger partial charge in [-0.05, 0) is 86.3 Å². The number of aromatic nitrogens is 1. The summed E-state index contributed by atoms with van der Waals surface area (Å²) in [5.74, 6) is 0. The van der Waals surface area contributed by atoms with Crippen molar-refractivity contribution in [3.05, 3.63) is 187 Å². The van der Waals surface area contributed by atoms with E-state index < -0.39 is 0 Å². The smallest absolute Gasteiger partial charge is 0.0970 e. The summed E-state index contributed by atoms with van der Waals surface area (Å²) in [5, 5.41) is 7.66. The van der Waals surface area contributed by atoms with E-state index in [9.17, 15) is 0 Å². The number of anilines is 1. The van der Waals surface area contributed by atoms with Crippen molar-refractivity contribution in [2.45, 2.75) is 6.04 Å². The van der Waals surface area contributed by atoms with E-state index >= 15 is 0 Å². The molecule has 9 aromatic rings. The highest BCUT2D eigenvalue weighted by molar-refractivity contribution is 6.28. The van der Waals surface area contributed by atoms with Crippen LogP contribution >= 0.6 is 0 Å². The van der Waals surface area contributed by atoms with E-state index in [1.807, 2.05) is 0 Å². The summed E-state index contributed by atoms with van der Waals surface area (Å²) >= 11 is 0. The first-order valence-electron chi connectivity index (χ1n) is 17.2. The van der Waals surface area contributed by atoms with Crippen molar-refractivity contribution in [2.75, 3.05) is 11.9 Å². The van der Waals surface area contributed by atoms with Gasteiger partial charge in [0.1, 0.15) is 0 Å². The summed E-state index contributed by atoms with van der Waals surface area (Å²) in [6, 6.07) is 63.5. The van der Waals surface area contributed by atoms with Crippen LogP contribution in [0.2, 0.25) is 0 Å². The zero-order chi connectivity index (χ0) is 33.2. The lowest BCUT2D eigenvalue weighted by Crippen LogP contribution is -2.34. The fourth-order valence-corrected chi connectivity index (χ4v) is 8.10. The van der Waals surface area contributed by atoms with Gasteiger partial charge in [-0.3, -0.25) is 0 Å². The number of fused-ring (bicyclic) bond motifs is 8. The number of hydrogen-bond donors (Lipinski definition) is 0. The Morgan fingerprint density at radius 2 is 1.08 bits per heavy atom. The van der Waals surface area contributed by atoms with Crippen molar-refractivity contribution in [1.82, 2.24) is 4.57 Å². The molecule has 3 nitrogen and oxygen atoms in total. The first kappa shape index (κ1) is 28.6. The highest BCUT2D eigenvalue weighted by Gasteiger charge is 2.30. The van der Waals surface area contributed by atoms with Gasteiger partial charge in [0.15, 0.2) is 0 Å². The minimum absolute atomic E-state index is 0.0506. The Kier molecular flexibility index (Phi) is 6.47. The van der Waals surface area contributed by atoms with E-state index in [1.165, 1.54) is 60.0 Å². The molecule has 1 aliphatic rings. The number of aliphatic imine (C=N–C) groups is 1. The number of rotatable bonds is 4. The van der Waals surface area contributed by atoms with Crippen LogP contribution in [0.1, 0.15) is 17.2 Å². The van der Waals surface area contributed by atoms with Gasteiger partial charge in [0, 0.05) is 23.5 Å². The van der Waals surface area contributed by atoms with Crippen LogP contribution in [-0.4, -0.2) is 17.3 Å². The molecule has 0 bridgehead atoms. The molecule has 0 saturated carbocycles. The predicted octanol–water partition coefficient (Wildman–Crippen LogP) is 12.1. The van der Waals surface area contributed by atoms with E-state index in [0.717, 1.165) is 28.3 Å². The molecule has 0 fully saturated rings. The first-order chi connectivity index (χ1) is 24.7. The molecule has 0 N–H and O–H groups in total. The van der Waals surface area contributed by atoms with Gasteiger partial charge in [0.25, 0.3) is 0 Å². The molecule has 236 valence electrons. The lowest BCUT2D eigenvalue weighted by molar-refractivity contribution is 0.836. The molecule has 1 aromatic heterocycles. The fraction of sp³-hybridized carbons (Fsp3) is 0.0426. The van der Waals surface area contributed by atoms with Crippen molar-refractivity contribution >= 4 is 60.4 Å². The van der Waals surface area contributed by atoms with Crippen molar-refractivity contribution in [3.63, 3.8) is 0 Å². The fourth-order valence-electron chi connectivity index (χ4n) is 8.10. The van der Waals surface area contributed by atoms with Crippen LogP contribution in [0.4, 0.5) is 11.4 Å². The molecular weight excluding hydrogens is 607 g/mol. The third-order valence-electron chi connectivity index (χ3n) is 10.4. The van der Waals surface area contributed by atoms with E-state index in [-0.39, 0.29) is 6.04 Å². The van der Waals surface area contributed by atoms with Crippen LogP contribution in [0.3, 0.4) is 0 Å². The number of hydrogen-bond acceptors (Lipinski definition) is 2. The van der Waals surface area contributed by atoms with Crippen LogP contribution in [0.5, 0.6) is 0 Å². The average Bonchev–Trinajstić information content (AvgIpc) is 3.54. The van der Waals surface area contributed by atoms with Gasteiger partial charge >= 0.3 is 0 Å². The predicted molar refractivity (Wildman–Crippen MR) is 211 cm³/mol. The summed E-state index contributed by atoms with van der Waals surface area (Å²) in [6.45, 7) is 0. The van der Waals surface area contributed by atoms with Crippen LogP contribution < -0.4 is 4.90 Å². The highest BCUT2D eigenvalue weighted by atomic mass is 15.2. The van der Waals surface area contributed by atoms with E-state index in [1.54, 1.807) is 0 Å². The zero-order valence-corrected chi connectivity index (χ0v) is 27.7. The molecule has 50 heavy (non-hydrogen) atoms. The Morgan fingerprint density at radius 1 is 0.480 bits per heavy atom. The van der Waals surface area contributed by atoms with Gasteiger partial charge < -0.3 is 9.47 Å². The topological polar surface area (TPSA) is 20.5 Å². The molecular formula is C47H33N3. The zero-order valence-electron chi connectivity index (χ0n) is 27.7. The SMILES string of the molecule is CN1c2ccccc2N=C(c2ccc(-n3c4ccc5ccccc5c4c4c5ccccc5ccc43)cc2)C1c1cccc(-c2ccccc2)c1. The van der Waals surface area contributed by atoms with Crippen molar-refractivity contribution in [3.8, 4) is 16.8 Å². The molecule has 2 heterocycles. The van der Waals surface area contributed by atoms with Crippen LogP contribution in [0.25, 0.3) is 60.2 Å². The maximum Gasteiger partial charge on any atom is 0.0970 e. The number of nitrogens with zero attached hydrogens (tertiary/aromatic N) is 3. The summed E-state index contributed by atoms with van der Waals surface area (Å²) in [7, 11) is 2.19. The van der Waals surface area contributed by atoms with Crippen LogP contribution in [-0.2, 0) is 0 Å². The van der Waals surface area contributed by atoms with E-state index in [0.29, 0.717) is 0 Å². The summed E-state index contributed by atoms with van der Waals surface area (Å²) < 4.78 is 2.43. The molecule has 1 aliphatic heterocycles. The lowest BCUT2D eigenvalue weighted by Gasteiger charge is -2.36. The maximum atomic E-state index is 5.36. The van der Waals surface area contributed by atoms with Gasteiger partial charge in [0.2, 0.25) is 0 Å². The third-order valence-corrected chi connectivity index (χ3v) is 10.4. The molecule has 8 aromatic carbocycles. The molecule has 0 amide bonds. The molecule has 10 rings (SSSR count). The van der Waals surface area contributed by atoms with Gasteiger partial charge in [-0.2, -0.15) is 0 Å². The largest absolute Gasteiger partial charge is 0.360 e. The highest BCUT2D eigenvalue weighted by Crippen LogP contribution is 2.43. The molecule has 0 saturated heterocycles. The Labute approximate surface area is 291 Å².